The molecule has 2 nitrogen and oxygen atoms in total. The van der Waals surface area contributed by atoms with E-state index < -0.39 is 0 Å². The van der Waals surface area contributed by atoms with Crippen molar-refractivity contribution in [3.05, 3.63) is 57.9 Å². The van der Waals surface area contributed by atoms with Gasteiger partial charge in [-0.3, -0.25) is 4.79 Å². The summed E-state index contributed by atoms with van der Waals surface area (Å²) in [6, 6.07) is 11.5. The van der Waals surface area contributed by atoms with E-state index in [1.165, 1.54) is 17.2 Å². The van der Waals surface area contributed by atoms with Gasteiger partial charge in [-0.1, -0.05) is 23.3 Å². The highest BCUT2D eigenvalue weighted by atomic mass is 16.1. The molecule has 0 aliphatic rings. The number of aromatic amines is 1. The molecular weight excluding hydrogens is 186 g/mol. The second kappa shape index (κ2) is 3.73. The monoisotopic (exact) mass is 199 g/mol. The maximum absolute atomic E-state index is 11.2. The molecule has 2 aromatic rings. The molecule has 1 aromatic carbocycles. The SMILES string of the molecule is Cc1cc(C)cc(-c2cccc(=O)[nH]2)c1. The second-order valence-electron chi connectivity index (χ2n) is 3.81. The Kier molecular flexibility index (Phi) is 2.42. The molecule has 1 aromatic heterocycles. The number of aryl methyl sites for hydroxylation is 2. The lowest BCUT2D eigenvalue weighted by Crippen LogP contribution is -2.03. The molecule has 76 valence electrons. The van der Waals surface area contributed by atoms with Crippen molar-refractivity contribution in [1.82, 2.24) is 4.98 Å². The third kappa shape index (κ3) is 2.15. The van der Waals surface area contributed by atoms with Gasteiger partial charge < -0.3 is 4.98 Å². The average Bonchev–Trinajstić information content (AvgIpc) is 2.16. The van der Waals surface area contributed by atoms with E-state index in [9.17, 15) is 4.79 Å². The van der Waals surface area contributed by atoms with Crippen LogP contribution in [0.5, 0.6) is 0 Å². The minimum Gasteiger partial charge on any atom is -0.322 e. The Hall–Kier alpha value is -1.83. The molecule has 0 aliphatic carbocycles. The third-order valence-electron chi connectivity index (χ3n) is 2.30. The summed E-state index contributed by atoms with van der Waals surface area (Å²) in [5.41, 5.74) is 4.27. The molecule has 0 fully saturated rings. The van der Waals surface area contributed by atoms with Gasteiger partial charge in [0.15, 0.2) is 0 Å². The van der Waals surface area contributed by atoms with Crippen LogP contribution in [0.4, 0.5) is 0 Å². The molecule has 2 heteroatoms. The van der Waals surface area contributed by atoms with Gasteiger partial charge in [0.05, 0.1) is 0 Å². The van der Waals surface area contributed by atoms with Crippen molar-refractivity contribution in [2.75, 3.05) is 0 Å². The van der Waals surface area contributed by atoms with Crippen LogP contribution in [0.1, 0.15) is 11.1 Å². The Morgan fingerprint density at radius 2 is 1.67 bits per heavy atom. The number of hydrogen-bond acceptors (Lipinski definition) is 1. The lowest BCUT2D eigenvalue weighted by Gasteiger charge is -2.04. The van der Waals surface area contributed by atoms with Gasteiger partial charge in [0.1, 0.15) is 0 Å². The van der Waals surface area contributed by atoms with Crippen LogP contribution >= 0.6 is 0 Å². The van der Waals surface area contributed by atoms with Crippen LogP contribution in [0.15, 0.2) is 41.2 Å². The molecular formula is C13H13NO. The lowest BCUT2D eigenvalue weighted by atomic mass is 10.0. The maximum Gasteiger partial charge on any atom is 0.248 e. The first-order valence-electron chi connectivity index (χ1n) is 4.93. The van der Waals surface area contributed by atoms with Crippen LogP contribution < -0.4 is 5.56 Å². The fourth-order valence-electron chi connectivity index (χ4n) is 1.75. The predicted octanol–water partition coefficient (Wildman–Crippen LogP) is 2.66. The summed E-state index contributed by atoms with van der Waals surface area (Å²) in [5.74, 6) is 0. The number of benzene rings is 1. The van der Waals surface area contributed by atoms with Crippen molar-refractivity contribution < 1.29 is 0 Å². The van der Waals surface area contributed by atoms with Crippen molar-refractivity contribution in [2.45, 2.75) is 13.8 Å². The highest BCUT2D eigenvalue weighted by Gasteiger charge is 1.99. The molecule has 0 spiro atoms. The zero-order valence-electron chi connectivity index (χ0n) is 8.87. The van der Waals surface area contributed by atoms with Crippen LogP contribution in [0.2, 0.25) is 0 Å². The summed E-state index contributed by atoms with van der Waals surface area (Å²) in [7, 11) is 0. The van der Waals surface area contributed by atoms with Crippen molar-refractivity contribution in [3.8, 4) is 11.3 Å². The summed E-state index contributed by atoms with van der Waals surface area (Å²) in [6.45, 7) is 4.11. The summed E-state index contributed by atoms with van der Waals surface area (Å²) in [4.78, 5) is 14.0. The van der Waals surface area contributed by atoms with Gasteiger partial charge in [-0.05, 0) is 37.6 Å². The van der Waals surface area contributed by atoms with Crippen LogP contribution in [-0.2, 0) is 0 Å². The number of aromatic nitrogens is 1. The maximum atomic E-state index is 11.2. The first-order valence-corrected chi connectivity index (χ1v) is 4.93. The Balaban J connectivity index is 2.58. The van der Waals surface area contributed by atoms with E-state index in [-0.39, 0.29) is 5.56 Å². The molecule has 0 aliphatic heterocycles. The number of nitrogens with one attached hydrogen (secondary N) is 1. The van der Waals surface area contributed by atoms with Crippen LogP contribution in [0.25, 0.3) is 11.3 Å². The number of rotatable bonds is 1. The molecule has 0 amide bonds. The minimum absolute atomic E-state index is 0.0633. The fourth-order valence-corrected chi connectivity index (χ4v) is 1.75. The van der Waals surface area contributed by atoms with Gasteiger partial charge in [-0.2, -0.15) is 0 Å². The normalized spacial score (nSPS) is 10.3. The molecule has 1 N–H and O–H groups in total. The Labute approximate surface area is 88.6 Å². The Bertz CT molecular complexity index is 520. The predicted molar refractivity (Wildman–Crippen MR) is 62.0 cm³/mol. The zero-order chi connectivity index (χ0) is 10.8. The van der Waals surface area contributed by atoms with E-state index >= 15 is 0 Å². The van der Waals surface area contributed by atoms with E-state index in [4.69, 9.17) is 0 Å². The smallest absolute Gasteiger partial charge is 0.248 e. The van der Waals surface area contributed by atoms with Crippen LogP contribution in [-0.4, -0.2) is 4.98 Å². The van der Waals surface area contributed by atoms with Crippen LogP contribution in [0.3, 0.4) is 0 Å². The summed E-state index contributed by atoms with van der Waals surface area (Å²) >= 11 is 0. The molecule has 0 saturated heterocycles. The van der Waals surface area contributed by atoms with Crippen molar-refractivity contribution >= 4 is 0 Å². The minimum atomic E-state index is -0.0633. The van der Waals surface area contributed by atoms with E-state index in [0.29, 0.717) is 0 Å². The van der Waals surface area contributed by atoms with E-state index in [2.05, 4.69) is 37.0 Å². The van der Waals surface area contributed by atoms with Crippen molar-refractivity contribution in [1.29, 1.82) is 0 Å². The van der Waals surface area contributed by atoms with Gasteiger partial charge in [0.25, 0.3) is 0 Å². The molecule has 0 atom stereocenters. The Morgan fingerprint density at radius 3 is 2.27 bits per heavy atom. The zero-order valence-corrected chi connectivity index (χ0v) is 8.87. The van der Waals surface area contributed by atoms with E-state index in [1.54, 1.807) is 6.07 Å². The molecule has 0 radical (unpaired) electrons. The number of pyridine rings is 1. The van der Waals surface area contributed by atoms with E-state index in [1.807, 2.05) is 6.07 Å². The van der Waals surface area contributed by atoms with E-state index in [0.717, 1.165) is 11.3 Å². The molecule has 1 heterocycles. The highest BCUT2D eigenvalue weighted by Crippen LogP contribution is 2.18. The Morgan fingerprint density at radius 1 is 1.00 bits per heavy atom. The first kappa shape index (κ1) is 9.71. The van der Waals surface area contributed by atoms with Gasteiger partial charge in [-0.15, -0.1) is 0 Å². The summed E-state index contributed by atoms with van der Waals surface area (Å²) < 4.78 is 0. The molecule has 0 saturated carbocycles. The second-order valence-corrected chi connectivity index (χ2v) is 3.81. The largest absolute Gasteiger partial charge is 0.322 e. The average molecular weight is 199 g/mol. The van der Waals surface area contributed by atoms with Crippen molar-refractivity contribution in [2.24, 2.45) is 0 Å². The topological polar surface area (TPSA) is 32.9 Å². The fraction of sp³-hybridized carbons (Fsp3) is 0.154. The quantitative estimate of drug-likeness (QED) is 0.752. The molecule has 0 unspecified atom stereocenters. The molecule has 2 rings (SSSR count). The standard InChI is InChI=1S/C13H13NO/c1-9-6-10(2)8-11(7-9)12-4-3-5-13(15)14-12/h3-8H,1-2H3,(H,14,15). The van der Waals surface area contributed by atoms with Crippen molar-refractivity contribution in [3.63, 3.8) is 0 Å². The number of H-pyrrole nitrogens is 1. The van der Waals surface area contributed by atoms with Gasteiger partial charge in [-0.25, -0.2) is 0 Å². The lowest BCUT2D eigenvalue weighted by molar-refractivity contribution is 1.23. The van der Waals surface area contributed by atoms with Gasteiger partial charge in [0, 0.05) is 11.8 Å². The molecule has 0 bridgehead atoms. The number of hydrogen-bond donors (Lipinski definition) is 1. The molecule has 15 heavy (non-hydrogen) atoms. The third-order valence-corrected chi connectivity index (χ3v) is 2.30. The summed E-state index contributed by atoms with van der Waals surface area (Å²) in [6.07, 6.45) is 0. The highest BCUT2D eigenvalue weighted by molar-refractivity contribution is 5.60. The van der Waals surface area contributed by atoms with Gasteiger partial charge in [0.2, 0.25) is 5.56 Å². The van der Waals surface area contributed by atoms with Gasteiger partial charge >= 0.3 is 0 Å². The van der Waals surface area contributed by atoms with Crippen LogP contribution in [0, 0.1) is 13.8 Å². The first-order chi connectivity index (χ1) is 7.15. The summed E-state index contributed by atoms with van der Waals surface area (Å²) in [5, 5.41) is 0.